The molecule has 2 atom stereocenters. The van der Waals surface area contributed by atoms with Crippen molar-refractivity contribution < 1.29 is 14.3 Å². The van der Waals surface area contributed by atoms with Gasteiger partial charge in [0.25, 0.3) is 0 Å². The molecule has 1 aromatic carbocycles. The molecule has 0 aliphatic carbocycles. The number of likely N-dealkylation sites (N-methyl/N-ethyl adjacent to an activating group) is 1. The number of ether oxygens (including phenoxy) is 1. The number of rotatable bonds is 6. The first kappa shape index (κ1) is 21.8. The van der Waals surface area contributed by atoms with Gasteiger partial charge in [-0.2, -0.15) is 5.10 Å². The number of carbonyl (C=O) groups excluding carboxylic acids is 2. The maximum Gasteiger partial charge on any atom is 0.410 e. The van der Waals surface area contributed by atoms with E-state index >= 15 is 0 Å². The largest absolute Gasteiger partial charge is 0.450 e. The summed E-state index contributed by atoms with van der Waals surface area (Å²) < 4.78 is 7.12. The molecular weight excluding hydrogens is 382 g/mol. The molecule has 0 saturated carbocycles. The molecule has 8 heteroatoms. The Hall–Kier alpha value is -2.87. The van der Waals surface area contributed by atoms with Gasteiger partial charge >= 0.3 is 6.09 Å². The van der Waals surface area contributed by atoms with E-state index in [1.165, 1.54) is 0 Å². The van der Waals surface area contributed by atoms with E-state index in [4.69, 9.17) is 4.74 Å². The van der Waals surface area contributed by atoms with Gasteiger partial charge in [0.15, 0.2) is 0 Å². The van der Waals surface area contributed by atoms with Crippen LogP contribution >= 0.6 is 0 Å². The van der Waals surface area contributed by atoms with Crippen molar-refractivity contribution in [2.45, 2.75) is 45.8 Å². The Bertz CT molecular complexity index is 910. The van der Waals surface area contributed by atoms with Crippen LogP contribution in [0.15, 0.2) is 30.6 Å². The molecule has 3 rings (SSSR count). The SMILES string of the molecule is CCOC(=O)N(C)[C@@H]1C[C@H](C)N(C(C)=O)c2ccc(-c3cnn(CCNC)c3)cc21. The molecular formula is C22H31N5O3. The van der Waals surface area contributed by atoms with Crippen LogP contribution in [0.4, 0.5) is 10.5 Å². The molecule has 2 aromatic rings. The summed E-state index contributed by atoms with van der Waals surface area (Å²) in [6, 6.07) is 5.85. The number of amides is 2. The van der Waals surface area contributed by atoms with Crippen molar-refractivity contribution in [3.8, 4) is 11.1 Å². The summed E-state index contributed by atoms with van der Waals surface area (Å²) in [6.45, 7) is 7.33. The van der Waals surface area contributed by atoms with Gasteiger partial charge in [-0.3, -0.25) is 9.48 Å². The van der Waals surface area contributed by atoms with Crippen LogP contribution in [-0.2, 0) is 16.1 Å². The molecule has 0 radical (unpaired) electrons. The lowest BCUT2D eigenvalue weighted by atomic mass is 9.89. The Labute approximate surface area is 177 Å². The number of benzene rings is 1. The molecule has 8 nitrogen and oxygen atoms in total. The normalized spacial score (nSPS) is 18.1. The number of hydrogen-bond donors (Lipinski definition) is 1. The Balaban J connectivity index is 2.01. The third kappa shape index (κ3) is 4.33. The first-order valence-corrected chi connectivity index (χ1v) is 10.4. The van der Waals surface area contributed by atoms with Crippen molar-refractivity contribution in [1.29, 1.82) is 0 Å². The van der Waals surface area contributed by atoms with Gasteiger partial charge in [-0.1, -0.05) is 6.07 Å². The molecule has 2 amide bonds. The predicted octanol–water partition coefficient (Wildman–Crippen LogP) is 3.04. The minimum Gasteiger partial charge on any atom is -0.450 e. The molecule has 0 bridgehead atoms. The number of aromatic nitrogens is 2. The van der Waals surface area contributed by atoms with E-state index < -0.39 is 0 Å². The summed E-state index contributed by atoms with van der Waals surface area (Å²) in [6.07, 6.45) is 4.14. The van der Waals surface area contributed by atoms with Gasteiger partial charge in [-0.05, 0) is 50.6 Å². The highest BCUT2D eigenvalue weighted by Gasteiger charge is 2.36. The van der Waals surface area contributed by atoms with Gasteiger partial charge in [-0.15, -0.1) is 0 Å². The van der Waals surface area contributed by atoms with Gasteiger partial charge in [-0.25, -0.2) is 4.79 Å². The second-order valence-electron chi connectivity index (χ2n) is 7.67. The van der Waals surface area contributed by atoms with Gasteiger partial charge in [0.1, 0.15) is 0 Å². The Morgan fingerprint density at radius 1 is 1.33 bits per heavy atom. The molecule has 0 unspecified atom stereocenters. The van der Waals surface area contributed by atoms with Crippen LogP contribution in [0.3, 0.4) is 0 Å². The average molecular weight is 414 g/mol. The molecule has 0 spiro atoms. The van der Waals surface area contributed by atoms with E-state index in [1.54, 1.807) is 25.8 Å². The fraction of sp³-hybridized carbons (Fsp3) is 0.500. The minimum absolute atomic E-state index is 0.00590. The number of nitrogens with zero attached hydrogens (tertiary/aromatic N) is 4. The Morgan fingerprint density at radius 2 is 2.10 bits per heavy atom. The number of carbonyl (C=O) groups is 2. The van der Waals surface area contributed by atoms with E-state index in [2.05, 4.69) is 16.5 Å². The second-order valence-corrected chi connectivity index (χ2v) is 7.67. The summed E-state index contributed by atoms with van der Waals surface area (Å²) in [7, 11) is 3.67. The highest BCUT2D eigenvalue weighted by Crippen LogP contribution is 2.42. The maximum absolute atomic E-state index is 12.4. The van der Waals surface area contributed by atoms with E-state index in [9.17, 15) is 9.59 Å². The van der Waals surface area contributed by atoms with Crippen LogP contribution < -0.4 is 10.2 Å². The quantitative estimate of drug-likeness (QED) is 0.787. The summed E-state index contributed by atoms with van der Waals surface area (Å²) in [5.74, 6) is -0.00590. The Morgan fingerprint density at radius 3 is 2.77 bits per heavy atom. The van der Waals surface area contributed by atoms with Gasteiger partial charge in [0.2, 0.25) is 5.91 Å². The lowest BCUT2D eigenvalue weighted by Gasteiger charge is -2.42. The predicted molar refractivity (Wildman–Crippen MR) is 116 cm³/mol. The number of nitrogens with one attached hydrogen (secondary N) is 1. The van der Waals surface area contributed by atoms with Crippen LogP contribution in [0, 0.1) is 0 Å². The zero-order valence-corrected chi connectivity index (χ0v) is 18.4. The van der Waals surface area contributed by atoms with Crippen LogP contribution in [0.25, 0.3) is 11.1 Å². The van der Waals surface area contributed by atoms with E-state index in [0.29, 0.717) is 13.0 Å². The van der Waals surface area contributed by atoms with Crippen molar-refractivity contribution in [3.05, 3.63) is 36.2 Å². The molecule has 1 N–H and O–H groups in total. The van der Waals surface area contributed by atoms with Crippen molar-refractivity contribution in [2.75, 3.05) is 32.1 Å². The molecule has 1 aliphatic rings. The summed E-state index contributed by atoms with van der Waals surface area (Å²) >= 11 is 0. The molecule has 30 heavy (non-hydrogen) atoms. The summed E-state index contributed by atoms with van der Waals surface area (Å²) in [4.78, 5) is 28.2. The zero-order chi connectivity index (χ0) is 21.8. The van der Waals surface area contributed by atoms with Gasteiger partial charge in [0.05, 0.1) is 25.4 Å². The highest BCUT2D eigenvalue weighted by atomic mass is 16.6. The highest BCUT2D eigenvalue weighted by molar-refractivity contribution is 5.94. The lowest BCUT2D eigenvalue weighted by molar-refractivity contribution is -0.117. The third-order valence-corrected chi connectivity index (χ3v) is 5.57. The first-order chi connectivity index (χ1) is 14.4. The standard InChI is InChI=1S/C22H31N5O3/c1-6-30-22(29)25(5)21-11-15(2)27(16(3)28)20-8-7-17(12-19(20)21)18-13-24-26(14-18)10-9-23-4/h7-8,12-15,21,23H,6,9-11H2,1-5H3/t15-,21+/m0/s1. The van der Waals surface area contributed by atoms with Gasteiger partial charge < -0.3 is 19.9 Å². The second kappa shape index (κ2) is 9.30. The molecule has 2 heterocycles. The maximum atomic E-state index is 12.4. The van der Waals surface area contributed by atoms with Gasteiger partial charge in [0, 0.05) is 44.0 Å². The molecule has 1 aromatic heterocycles. The first-order valence-electron chi connectivity index (χ1n) is 10.4. The number of anilines is 1. The van der Waals surface area contributed by atoms with E-state index in [0.717, 1.165) is 35.5 Å². The number of fused-ring (bicyclic) bond motifs is 1. The van der Waals surface area contributed by atoms with Crippen molar-refractivity contribution >= 4 is 17.7 Å². The summed E-state index contributed by atoms with van der Waals surface area (Å²) in [5.41, 5.74) is 3.79. The molecule has 162 valence electrons. The number of hydrogen-bond acceptors (Lipinski definition) is 5. The van der Waals surface area contributed by atoms with Crippen LogP contribution in [0.5, 0.6) is 0 Å². The topological polar surface area (TPSA) is 79.7 Å². The third-order valence-electron chi connectivity index (χ3n) is 5.57. The fourth-order valence-electron chi connectivity index (χ4n) is 4.07. The minimum atomic E-state index is -0.359. The molecule has 1 aliphatic heterocycles. The fourth-order valence-corrected chi connectivity index (χ4v) is 4.07. The smallest absolute Gasteiger partial charge is 0.410 e. The van der Waals surface area contributed by atoms with Crippen LogP contribution in [0.1, 0.15) is 38.8 Å². The Kier molecular flexibility index (Phi) is 6.77. The van der Waals surface area contributed by atoms with Crippen molar-refractivity contribution in [2.24, 2.45) is 0 Å². The molecule has 0 fully saturated rings. The van der Waals surface area contributed by atoms with Crippen LogP contribution in [0.2, 0.25) is 0 Å². The zero-order valence-electron chi connectivity index (χ0n) is 18.4. The van der Waals surface area contributed by atoms with Crippen molar-refractivity contribution in [1.82, 2.24) is 20.0 Å². The summed E-state index contributed by atoms with van der Waals surface area (Å²) in [5, 5.41) is 7.55. The van der Waals surface area contributed by atoms with Crippen molar-refractivity contribution in [3.63, 3.8) is 0 Å². The average Bonchev–Trinajstić information content (AvgIpc) is 3.19. The molecule has 0 saturated heterocycles. The lowest BCUT2D eigenvalue weighted by Crippen LogP contribution is -2.46. The van der Waals surface area contributed by atoms with E-state index in [-0.39, 0.29) is 24.1 Å². The van der Waals surface area contributed by atoms with E-state index in [1.807, 2.05) is 48.1 Å². The van der Waals surface area contributed by atoms with Crippen LogP contribution in [-0.4, -0.2) is 60.0 Å². The monoisotopic (exact) mass is 413 g/mol.